The van der Waals surface area contributed by atoms with Crippen molar-refractivity contribution in [2.24, 2.45) is 0 Å². The number of hydrogen-bond donors (Lipinski definition) is 1. The van der Waals surface area contributed by atoms with Crippen molar-refractivity contribution in [2.75, 3.05) is 18.5 Å². The summed E-state index contributed by atoms with van der Waals surface area (Å²) >= 11 is 0. The first kappa shape index (κ1) is 14.1. The van der Waals surface area contributed by atoms with Crippen LogP contribution in [0.3, 0.4) is 0 Å². The third kappa shape index (κ3) is 3.38. The largest absolute Gasteiger partial charge is 0.492 e. The molecule has 20 heavy (non-hydrogen) atoms. The van der Waals surface area contributed by atoms with Gasteiger partial charge in [-0.25, -0.2) is 4.79 Å². The highest BCUT2D eigenvalue weighted by Crippen LogP contribution is 2.28. The molecule has 1 heterocycles. The second-order valence-corrected chi connectivity index (χ2v) is 4.41. The lowest BCUT2D eigenvalue weighted by atomic mass is 9.99. The van der Waals surface area contributed by atoms with Gasteiger partial charge in [-0.1, -0.05) is 6.07 Å². The van der Waals surface area contributed by atoms with Crippen LogP contribution >= 0.6 is 0 Å². The average Bonchev–Trinajstić information content (AvgIpc) is 2.39. The molecule has 106 valence electrons. The third-order valence-corrected chi connectivity index (χ3v) is 2.86. The van der Waals surface area contributed by atoms with Gasteiger partial charge in [0.05, 0.1) is 19.3 Å². The van der Waals surface area contributed by atoms with Gasteiger partial charge in [0.15, 0.2) is 0 Å². The maximum absolute atomic E-state index is 11.5. The van der Waals surface area contributed by atoms with Gasteiger partial charge in [-0.15, -0.1) is 0 Å². The standard InChI is InChI=1S/C15H17NO4/c1-3-19-15(18)9-14-13-8-12(16-10(2)17)5-4-11(13)6-7-20-14/h4-5,8-9H,3,6-7H2,1-2H3,(H,16,17)/b14-9-. The van der Waals surface area contributed by atoms with Crippen LogP contribution in [0.4, 0.5) is 5.69 Å². The Morgan fingerprint density at radius 3 is 2.95 bits per heavy atom. The molecular formula is C15H17NO4. The number of esters is 1. The Balaban J connectivity index is 2.32. The van der Waals surface area contributed by atoms with Gasteiger partial charge < -0.3 is 14.8 Å². The Bertz CT molecular complexity index is 563. The number of anilines is 1. The van der Waals surface area contributed by atoms with Crippen molar-refractivity contribution in [1.82, 2.24) is 0 Å². The molecule has 5 heteroatoms. The van der Waals surface area contributed by atoms with Crippen LogP contribution in [0.1, 0.15) is 25.0 Å². The summed E-state index contributed by atoms with van der Waals surface area (Å²) in [5, 5.41) is 2.72. The smallest absolute Gasteiger partial charge is 0.334 e. The summed E-state index contributed by atoms with van der Waals surface area (Å²) < 4.78 is 10.4. The van der Waals surface area contributed by atoms with Crippen molar-refractivity contribution in [3.8, 4) is 0 Å². The lowest BCUT2D eigenvalue weighted by Gasteiger charge is -2.21. The molecule has 1 N–H and O–H groups in total. The molecule has 1 amide bonds. The van der Waals surface area contributed by atoms with Gasteiger partial charge in [0.1, 0.15) is 5.76 Å². The van der Waals surface area contributed by atoms with Crippen molar-refractivity contribution in [3.63, 3.8) is 0 Å². The van der Waals surface area contributed by atoms with Crippen LogP contribution in [-0.2, 0) is 25.5 Å². The van der Waals surface area contributed by atoms with Gasteiger partial charge in [0.2, 0.25) is 5.91 Å². The fraction of sp³-hybridized carbons (Fsp3) is 0.333. The number of benzene rings is 1. The number of rotatable bonds is 3. The maximum atomic E-state index is 11.5. The highest BCUT2D eigenvalue weighted by Gasteiger charge is 2.17. The zero-order valence-electron chi connectivity index (χ0n) is 11.6. The first-order valence-electron chi connectivity index (χ1n) is 6.52. The number of ether oxygens (including phenoxy) is 2. The minimum absolute atomic E-state index is 0.141. The molecule has 0 aromatic heterocycles. The number of carbonyl (C=O) groups is 2. The van der Waals surface area contributed by atoms with Crippen LogP contribution < -0.4 is 5.32 Å². The predicted octanol–water partition coefficient (Wildman–Crippen LogP) is 2.12. The molecule has 0 radical (unpaired) electrons. The molecule has 0 spiro atoms. The molecule has 1 aliphatic rings. The van der Waals surface area contributed by atoms with E-state index in [-0.39, 0.29) is 5.91 Å². The topological polar surface area (TPSA) is 64.6 Å². The minimum atomic E-state index is -0.430. The van der Waals surface area contributed by atoms with Crippen molar-refractivity contribution >= 4 is 23.3 Å². The molecule has 0 atom stereocenters. The number of fused-ring (bicyclic) bond motifs is 1. The fourth-order valence-corrected chi connectivity index (χ4v) is 2.06. The van der Waals surface area contributed by atoms with Gasteiger partial charge in [-0.3, -0.25) is 4.79 Å². The van der Waals surface area contributed by atoms with E-state index in [1.807, 2.05) is 12.1 Å². The minimum Gasteiger partial charge on any atom is -0.492 e. The van der Waals surface area contributed by atoms with Gasteiger partial charge in [-0.05, 0) is 24.6 Å². The van der Waals surface area contributed by atoms with Crippen molar-refractivity contribution in [2.45, 2.75) is 20.3 Å². The molecule has 2 rings (SSSR count). The summed E-state index contributed by atoms with van der Waals surface area (Å²) in [6.07, 6.45) is 2.12. The summed E-state index contributed by atoms with van der Waals surface area (Å²) in [4.78, 5) is 22.6. The molecule has 0 saturated carbocycles. The lowest BCUT2D eigenvalue weighted by molar-refractivity contribution is -0.137. The van der Waals surface area contributed by atoms with E-state index in [0.717, 1.165) is 17.5 Å². The Morgan fingerprint density at radius 1 is 1.45 bits per heavy atom. The number of amides is 1. The van der Waals surface area contributed by atoms with Crippen LogP contribution in [0.25, 0.3) is 5.76 Å². The van der Waals surface area contributed by atoms with Crippen LogP contribution in [0.2, 0.25) is 0 Å². The molecule has 0 saturated heterocycles. The average molecular weight is 275 g/mol. The highest BCUT2D eigenvalue weighted by atomic mass is 16.5. The first-order valence-corrected chi connectivity index (χ1v) is 6.52. The van der Waals surface area contributed by atoms with E-state index in [1.54, 1.807) is 13.0 Å². The zero-order valence-corrected chi connectivity index (χ0v) is 11.6. The second kappa shape index (κ2) is 6.23. The van der Waals surface area contributed by atoms with Crippen molar-refractivity contribution in [3.05, 3.63) is 35.4 Å². The van der Waals surface area contributed by atoms with E-state index in [9.17, 15) is 9.59 Å². The highest BCUT2D eigenvalue weighted by molar-refractivity contribution is 5.92. The van der Waals surface area contributed by atoms with Crippen molar-refractivity contribution < 1.29 is 19.1 Å². The van der Waals surface area contributed by atoms with Crippen LogP contribution in [-0.4, -0.2) is 25.1 Å². The first-order chi connectivity index (χ1) is 9.60. The normalized spacial score (nSPS) is 15.2. The van der Waals surface area contributed by atoms with Crippen molar-refractivity contribution in [1.29, 1.82) is 0 Å². The predicted molar refractivity (Wildman–Crippen MR) is 75.0 cm³/mol. The molecule has 0 fully saturated rings. The van der Waals surface area contributed by atoms with E-state index in [4.69, 9.17) is 9.47 Å². The number of carbonyl (C=O) groups excluding carboxylic acids is 2. The van der Waals surface area contributed by atoms with Crippen LogP contribution in [0, 0.1) is 0 Å². The molecule has 1 aromatic rings. The van der Waals surface area contributed by atoms with E-state index in [1.165, 1.54) is 13.0 Å². The lowest BCUT2D eigenvalue weighted by Crippen LogP contribution is -2.13. The molecule has 0 unspecified atom stereocenters. The van der Waals surface area contributed by atoms with Crippen LogP contribution in [0.5, 0.6) is 0 Å². The molecule has 5 nitrogen and oxygen atoms in total. The summed E-state index contributed by atoms with van der Waals surface area (Å²) in [5.41, 5.74) is 2.58. The van der Waals surface area contributed by atoms with E-state index < -0.39 is 5.97 Å². The Labute approximate surface area is 117 Å². The number of nitrogens with one attached hydrogen (secondary N) is 1. The number of hydrogen-bond acceptors (Lipinski definition) is 4. The monoisotopic (exact) mass is 275 g/mol. The zero-order chi connectivity index (χ0) is 14.5. The molecule has 1 aliphatic heterocycles. The molecule has 0 aliphatic carbocycles. The summed E-state index contributed by atoms with van der Waals surface area (Å²) in [7, 11) is 0. The van der Waals surface area contributed by atoms with Gasteiger partial charge in [-0.2, -0.15) is 0 Å². The van der Waals surface area contributed by atoms with Gasteiger partial charge in [0, 0.05) is 24.6 Å². The van der Waals surface area contributed by atoms with Gasteiger partial charge in [0.25, 0.3) is 0 Å². The second-order valence-electron chi connectivity index (χ2n) is 4.41. The summed E-state index contributed by atoms with van der Waals surface area (Å²) in [6, 6.07) is 5.58. The van der Waals surface area contributed by atoms with Gasteiger partial charge >= 0.3 is 5.97 Å². The maximum Gasteiger partial charge on any atom is 0.334 e. The SMILES string of the molecule is CCOC(=O)/C=C1\OCCc2ccc(NC(C)=O)cc21. The quantitative estimate of drug-likeness (QED) is 0.678. The summed E-state index contributed by atoms with van der Waals surface area (Å²) in [5.74, 6) is -0.0882. The molecule has 0 bridgehead atoms. The Morgan fingerprint density at radius 2 is 2.25 bits per heavy atom. The fourth-order valence-electron chi connectivity index (χ4n) is 2.06. The van der Waals surface area contributed by atoms with E-state index in [2.05, 4.69) is 5.32 Å². The molecular weight excluding hydrogens is 258 g/mol. The summed E-state index contributed by atoms with van der Waals surface area (Å²) in [6.45, 7) is 4.05. The van der Waals surface area contributed by atoms with Crippen LogP contribution in [0.15, 0.2) is 24.3 Å². The molecule has 1 aromatic carbocycles. The Kier molecular flexibility index (Phi) is 4.40. The third-order valence-electron chi connectivity index (χ3n) is 2.86. The van der Waals surface area contributed by atoms with E-state index in [0.29, 0.717) is 24.7 Å². The van der Waals surface area contributed by atoms with E-state index >= 15 is 0 Å². The Hall–Kier alpha value is -2.30.